The molecule has 0 atom stereocenters. The Morgan fingerprint density at radius 1 is 1.15 bits per heavy atom. The Morgan fingerprint density at radius 3 is 2.69 bits per heavy atom. The summed E-state index contributed by atoms with van der Waals surface area (Å²) < 4.78 is 23.7. The van der Waals surface area contributed by atoms with Gasteiger partial charge in [-0.25, -0.2) is 14.2 Å². The van der Waals surface area contributed by atoms with E-state index in [4.69, 9.17) is 9.47 Å². The molecule has 0 fully saturated rings. The first-order valence-electron chi connectivity index (χ1n) is 8.08. The van der Waals surface area contributed by atoms with E-state index in [-0.39, 0.29) is 19.0 Å². The Labute approximate surface area is 155 Å². The van der Waals surface area contributed by atoms with Crippen LogP contribution in [0.25, 0.3) is 10.6 Å². The number of rotatable bonds is 6. The van der Waals surface area contributed by atoms with Crippen LogP contribution in [0.4, 0.5) is 4.39 Å². The molecule has 1 aromatic heterocycles. The minimum absolute atomic E-state index is 0.0761. The number of carbonyl (C=O) groups is 1. The predicted molar refractivity (Wildman–Crippen MR) is 98.7 cm³/mol. The highest BCUT2D eigenvalue weighted by molar-refractivity contribution is 7.13. The first-order chi connectivity index (χ1) is 12.5. The molecule has 6 heteroatoms. The molecule has 0 N–H and O–H groups in total. The number of hydrogen-bond acceptors (Lipinski definition) is 5. The van der Waals surface area contributed by atoms with E-state index >= 15 is 0 Å². The smallest absolute Gasteiger partial charge is 0.344 e. The van der Waals surface area contributed by atoms with Crippen molar-refractivity contribution in [3.63, 3.8) is 0 Å². The van der Waals surface area contributed by atoms with E-state index in [1.54, 1.807) is 12.1 Å². The van der Waals surface area contributed by atoms with E-state index in [0.29, 0.717) is 11.4 Å². The van der Waals surface area contributed by atoms with Gasteiger partial charge >= 0.3 is 5.97 Å². The number of halogens is 1. The second kappa shape index (κ2) is 8.10. The molecule has 26 heavy (non-hydrogen) atoms. The number of aromatic nitrogens is 1. The molecule has 0 radical (unpaired) electrons. The lowest BCUT2D eigenvalue weighted by atomic mass is 10.1. The maximum Gasteiger partial charge on any atom is 0.344 e. The van der Waals surface area contributed by atoms with E-state index in [1.165, 1.54) is 23.5 Å². The van der Waals surface area contributed by atoms with Crippen LogP contribution in [0.3, 0.4) is 0 Å². The lowest BCUT2D eigenvalue weighted by Gasteiger charge is -2.10. The van der Waals surface area contributed by atoms with E-state index in [2.05, 4.69) is 4.98 Å². The van der Waals surface area contributed by atoms with Gasteiger partial charge in [0.25, 0.3) is 0 Å². The zero-order valence-corrected chi connectivity index (χ0v) is 15.3. The highest BCUT2D eigenvalue weighted by Crippen LogP contribution is 2.24. The van der Waals surface area contributed by atoms with Gasteiger partial charge in [-0.1, -0.05) is 12.1 Å². The summed E-state index contributed by atoms with van der Waals surface area (Å²) in [6.07, 6.45) is 0. The van der Waals surface area contributed by atoms with Gasteiger partial charge in [0.15, 0.2) is 6.61 Å². The van der Waals surface area contributed by atoms with Gasteiger partial charge in [-0.2, -0.15) is 0 Å². The molecule has 4 nitrogen and oxygen atoms in total. The first kappa shape index (κ1) is 18.1. The summed E-state index contributed by atoms with van der Waals surface area (Å²) in [6.45, 7) is 3.86. The van der Waals surface area contributed by atoms with Crippen LogP contribution < -0.4 is 4.74 Å². The van der Waals surface area contributed by atoms with E-state index in [0.717, 1.165) is 21.7 Å². The number of benzene rings is 2. The minimum atomic E-state index is -0.456. The van der Waals surface area contributed by atoms with E-state index in [1.807, 2.05) is 37.4 Å². The van der Waals surface area contributed by atoms with Gasteiger partial charge in [-0.15, -0.1) is 11.3 Å². The molecule has 0 amide bonds. The Bertz CT molecular complexity index is 906. The third-order valence-electron chi connectivity index (χ3n) is 3.92. The van der Waals surface area contributed by atoms with Crippen molar-refractivity contribution in [1.29, 1.82) is 0 Å². The largest absolute Gasteiger partial charge is 0.482 e. The SMILES string of the molecule is Cc1cccc(OCC(=O)OCc2csc(-c3ccc(F)cc3)n2)c1C. The fraction of sp³-hybridized carbons (Fsp3) is 0.200. The van der Waals surface area contributed by atoms with Crippen molar-refractivity contribution in [2.75, 3.05) is 6.61 Å². The van der Waals surface area contributed by atoms with Crippen LogP contribution in [0.1, 0.15) is 16.8 Å². The van der Waals surface area contributed by atoms with Crippen LogP contribution in [-0.4, -0.2) is 17.6 Å². The number of ether oxygens (including phenoxy) is 2. The number of thiazole rings is 1. The maximum atomic E-state index is 13.0. The monoisotopic (exact) mass is 371 g/mol. The summed E-state index contributed by atoms with van der Waals surface area (Å²) in [6, 6.07) is 11.8. The number of carbonyl (C=O) groups excluding carboxylic acids is 1. The third kappa shape index (κ3) is 4.46. The highest BCUT2D eigenvalue weighted by atomic mass is 32.1. The van der Waals surface area contributed by atoms with Crippen molar-refractivity contribution in [1.82, 2.24) is 4.98 Å². The van der Waals surface area contributed by atoms with Crippen LogP contribution >= 0.6 is 11.3 Å². The van der Waals surface area contributed by atoms with Gasteiger partial charge in [-0.3, -0.25) is 0 Å². The third-order valence-corrected chi connectivity index (χ3v) is 4.86. The average molecular weight is 371 g/mol. The molecule has 134 valence electrons. The first-order valence-corrected chi connectivity index (χ1v) is 8.96. The molecule has 0 aliphatic heterocycles. The fourth-order valence-corrected chi connectivity index (χ4v) is 3.12. The molecule has 0 saturated heterocycles. The van der Waals surface area contributed by atoms with Crippen molar-refractivity contribution in [2.45, 2.75) is 20.5 Å². The number of esters is 1. The van der Waals surface area contributed by atoms with Crippen molar-refractivity contribution < 1.29 is 18.7 Å². The molecule has 0 unspecified atom stereocenters. The molecule has 3 aromatic rings. The topological polar surface area (TPSA) is 48.4 Å². The molecular weight excluding hydrogens is 353 g/mol. The van der Waals surface area contributed by atoms with Crippen LogP contribution in [0.2, 0.25) is 0 Å². The maximum absolute atomic E-state index is 13.0. The second-order valence-corrected chi connectivity index (χ2v) is 6.66. The van der Waals surface area contributed by atoms with Crippen molar-refractivity contribution in [3.05, 3.63) is 70.5 Å². The normalized spacial score (nSPS) is 10.6. The zero-order chi connectivity index (χ0) is 18.5. The van der Waals surface area contributed by atoms with Gasteiger partial charge < -0.3 is 9.47 Å². The molecule has 0 saturated carbocycles. The van der Waals surface area contributed by atoms with Crippen LogP contribution in [-0.2, 0) is 16.1 Å². The van der Waals surface area contributed by atoms with Gasteiger partial charge in [0.1, 0.15) is 23.2 Å². The van der Waals surface area contributed by atoms with Crippen molar-refractivity contribution in [2.24, 2.45) is 0 Å². The van der Waals surface area contributed by atoms with Gasteiger partial charge in [0.2, 0.25) is 0 Å². The van der Waals surface area contributed by atoms with Crippen molar-refractivity contribution >= 4 is 17.3 Å². The van der Waals surface area contributed by atoms with Gasteiger partial charge in [-0.05, 0) is 55.3 Å². The molecule has 3 rings (SSSR count). The summed E-state index contributed by atoms with van der Waals surface area (Å²) in [7, 11) is 0. The Kier molecular flexibility index (Phi) is 5.63. The fourth-order valence-electron chi connectivity index (χ4n) is 2.31. The van der Waals surface area contributed by atoms with Crippen LogP contribution in [0.5, 0.6) is 5.75 Å². The Morgan fingerprint density at radius 2 is 1.92 bits per heavy atom. The molecule has 2 aromatic carbocycles. The van der Waals surface area contributed by atoms with Crippen LogP contribution in [0, 0.1) is 19.7 Å². The molecule has 0 spiro atoms. The standard InChI is InChI=1S/C20H18FNO3S/c1-13-4-3-5-18(14(13)2)24-11-19(23)25-10-17-12-26-20(22-17)15-6-8-16(21)9-7-15/h3-9,12H,10-11H2,1-2H3. The molecule has 0 bridgehead atoms. The van der Waals surface area contributed by atoms with Gasteiger partial charge in [0, 0.05) is 10.9 Å². The molecule has 1 heterocycles. The Hall–Kier alpha value is -2.73. The summed E-state index contributed by atoms with van der Waals surface area (Å²) in [5.41, 5.74) is 3.58. The molecule has 0 aliphatic rings. The zero-order valence-electron chi connectivity index (χ0n) is 14.5. The number of aryl methyl sites for hydroxylation is 1. The summed E-state index contributed by atoms with van der Waals surface area (Å²) in [5.74, 6) is -0.0697. The summed E-state index contributed by atoms with van der Waals surface area (Å²) in [4.78, 5) is 16.3. The van der Waals surface area contributed by atoms with E-state index in [9.17, 15) is 9.18 Å². The highest BCUT2D eigenvalue weighted by Gasteiger charge is 2.10. The van der Waals surface area contributed by atoms with Crippen molar-refractivity contribution in [3.8, 4) is 16.3 Å². The lowest BCUT2D eigenvalue weighted by Crippen LogP contribution is -2.15. The average Bonchev–Trinajstić information content (AvgIpc) is 3.11. The summed E-state index contributed by atoms with van der Waals surface area (Å²) in [5, 5.41) is 2.57. The summed E-state index contributed by atoms with van der Waals surface area (Å²) >= 11 is 1.42. The number of nitrogens with zero attached hydrogens (tertiary/aromatic N) is 1. The second-order valence-electron chi connectivity index (χ2n) is 5.80. The van der Waals surface area contributed by atoms with Crippen LogP contribution in [0.15, 0.2) is 47.8 Å². The Balaban J connectivity index is 1.52. The van der Waals surface area contributed by atoms with E-state index < -0.39 is 5.97 Å². The predicted octanol–water partition coefficient (Wildman–Crippen LogP) is 4.69. The lowest BCUT2D eigenvalue weighted by molar-refractivity contribution is -0.147. The molecular formula is C20H18FNO3S. The molecule has 0 aliphatic carbocycles. The minimum Gasteiger partial charge on any atom is -0.482 e. The number of hydrogen-bond donors (Lipinski definition) is 0. The quantitative estimate of drug-likeness (QED) is 0.590. The van der Waals surface area contributed by atoms with Gasteiger partial charge in [0.05, 0.1) is 5.69 Å².